The Morgan fingerprint density at radius 2 is 1.59 bits per heavy atom. The van der Waals surface area contributed by atoms with Gasteiger partial charge in [-0.3, -0.25) is 4.79 Å². The van der Waals surface area contributed by atoms with Crippen LogP contribution in [0.2, 0.25) is 0 Å². The smallest absolute Gasteiger partial charge is 0.508 e. The molecule has 0 radical (unpaired) electrons. The number of ether oxygens (including phenoxy) is 1. The first kappa shape index (κ1) is 23.9. The number of rotatable bonds is 2. The van der Waals surface area contributed by atoms with Crippen LogP contribution in [-0.4, -0.2) is 27.6 Å². The van der Waals surface area contributed by atoms with Crippen LogP contribution in [0.5, 0.6) is 11.5 Å². The van der Waals surface area contributed by atoms with Gasteiger partial charge < -0.3 is 19.5 Å². The molecule has 3 aromatic rings. The zero-order valence-corrected chi connectivity index (χ0v) is 16.8. The molecule has 0 aliphatic heterocycles. The van der Waals surface area contributed by atoms with Crippen molar-refractivity contribution in [3.05, 3.63) is 47.5 Å². The number of aromatic hydroxyl groups is 1. The first-order valence-corrected chi connectivity index (χ1v) is 8.81. The molecule has 0 spiro atoms. The fourth-order valence-electron chi connectivity index (χ4n) is 2.99. The second-order valence-electron chi connectivity index (χ2n) is 5.87. The molecule has 5 nitrogen and oxygen atoms in total. The maximum absolute atomic E-state index is 12.3. The van der Waals surface area contributed by atoms with E-state index < -0.39 is 6.36 Å². The lowest BCUT2D eigenvalue weighted by atomic mass is 10.0. The molecule has 158 valence electrons. The summed E-state index contributed by atoms with van der Waals surface area (Å²) in [7, 11) is 1.86. The van der Waals surface area contributed by atoms with Gasteiger partial charge >= 0.3 is 6.36 Å². The summed E-state index contributed by atoms with van der Waals surface area (Å²) in [5.74, 6) is -0.0419. The van der Waals surface area contributed by atoms with Gasteiger partial charge in [0.2, 0.25) is 0 Å². The van der Waals surface area contributed by atoms with Crippen LogP contribution in [-0.2, 0) is 11.8 Å². The Kier molecular flexibility index (Phi) is 8.12. The predicted molar refractivity (Wildman–Crippen MR) is 106 cm³/mol. The van der Waals surface area contributed by atoms with Crippen molar-refractivity contribution in [3.63, 3.8) is 0 Å². The Balaban J connectivity index is 0.000000771. The first-order valence-electron chi connectivity index (χ1n) is 8.81. The Morgan fingerprint density at radius 3 is 2.07 bits per heavy atom. The minimum Gasteiger partial charge on any atom is -0.508 e. The summed E-state index contributed by atoms with van der Waals surface area (Å²) in [6.45, 7) is 7.53. The lowest BCUT2D eigenvalue weighted by molar-refractivity contribution is -0.274. The van der Waals surface area contributed by atoms with E-state index in [0.717, 1.165) is 33.3 Å². The number of hydrogen-bond acceptors (Lipinski definition) is 3. The van der Waals surface area contributed by atoms with E-state index in [1.807, 2.05) is 45.4 Å². The van der Waals surface area contributed by atoms with E-state index in [-0.39, 0.29) is 18.0 Å². The number of carboxylic acid groups (broad SMARTS) is 1. The van der Waals surface area contributed by atoms with Crippen LogP contribution in [0.3, 0.4) is 0 Å². The molecule has 1 heterocycles. The van der Waals surface area contributed by atoms with E-state index in [4.69, 9.17) is 9.90 Å². The van der Waals surface area contributed by atoms with Crippen LogP contribution >= 0.6 is 0 Å². The van der Waals surface area contributed by atoms with E-state index in [9.17, 15) is 18.3 Å². The number of fused-ring (bicyclic) bond motifs is 1. The molecule has 2 aromatic carbocycles. The molecule has 0 aliphatic rings. The van der Waals surface area contributed by atoms with E-state index in [1.54, 1.807) is 18.2 Å². The van der Waals surface area contributed by atoms with E-state index in [0.29, 0.717) is 0 Å². The number of carbonyl (C=O) groups is 1. The third kappa shape index (κ3) is 5.66. The van der Waals surface area contributed by atoms with Crippen molar-refractivity contribution >= 4 is 17.4 Å². The van der Waals surface area contributed by atoms with Gasteiger partial charge in [0.25, 0.3) is 6.47 Å². The summed E-state index contributed by atoms with van der Waals surface area (Å²) in [5, 5.41) is 17.8. The van der Waals surface area contributed by atoms with E-state index in [1.165, 1.54) is 12.1 Å². The maximum atomic E-state index is 12.3. The number of aryl methyl sites for hydroxylation is 3. The van der Waals surface area contributed by atoms with Crippen LogP contribution in [0.15, 0.2) is 36.4 Å². The number of hydrogen-bond donors (Lipinski definition) is 2. The zero-order valence-electron chi connectivity index (χ0n) is 16.8. The maximum Gasteiger partial charge on any atom is 0.573 e. The fraction of sp³-hybridized carbons (Fsp3) is 0.286. The molecule has 0 aliphatic carbocycles. The van der Waals surface area contributed by atoms with Crippen molar-refractivity contribution in [2.24, 2.45) is 7.05 Å². The zero-order chi connectivity index (χ0) is 22.4. The molecule has 0 fully saturated rings. The largest absolute Gasteiger partial charge is 0.573 e. The molecular weight excluding hydrogens is 387 g/mol. The third-order valence-corrected chi connectivity index (χ3v) is 4.13. The normalized spacial score (nSPS) is 10.5. The molecular formula is C21H24F3NO4. The van der Waals surface area contributed by atoms with Gasteiger partial charge in [-0.05, 0) is 60.9 Å². The van der Waals surface area contributed by atoms with Gasteiger partial charge in [0, 0.05) is 18.5 Å². The van der Waals surface area contributed by atoms with Gasteiger partial charge in [-0.2, -0.15) is 0 Å². The predicted octanol–water partition coefficient (Wildman–Crippen LogP) is 5.79. The number of aromatic nitrogens is 1. The highest BCUT2D eigenvalue weighted by Gasteiger charge is 2.31. The number of phenols is 1. The Hall–Kier alpha value is -3.16. The average molecular weight is 411 g/mol. The van der Waals surface area contributed by atoms with Crippen molar-refractivity contribution in [2.45, 2.75) is 34.1 Å². The number of alkyl halides is 3. The number of benzene rings is 2. The standard InChI is InChI=1S/C18H16F3NO2.C2H6.CH2O2/c1-10-8-14-11(2)17(22(3)15(14)9-16(10)23)12-4-6-13(7-5-12)24-18(19,20)21;1-2;2-1-3/h4-9,23H,1-3H3;1-2H3;1H,(H,2,3). The molecule has 0 amide bonds. The minimum atomic E-state index is -4.70. The quantitative estimate of drug-likeness (QED) is 0.524. The molecule has 29 heavy (non-hydrogen) atoms. The Bertz CT molecular complexity index is 916. The van der Waals surface area contributed by atoms with Gasteiger partial charge in [0.1, 0.15) is 11.5 Å². The monoisotopic (exact) mass is 411 g/mol. The van der Waals surface area contributed by atoms with Gasteiger partial charge in [0.15, 0.2) is 0 Å². The van der Waals surface area contributed by atoms with E-state index >= 15 is 0 Å². The molecule has 3 rings (SSSR count). The van der Waals surface area contributed by atoms with Crippen LogP contribution in [0.4, 0.5) is 13.2 Å². The van der Waals surface area contributed by atoms with Crippen LogP contribution in [0.1, 0.15) is 25.0 Å². The van der Waals surface area contributed by atoms with Crippen molar-refractivity contribution in [2.75, 3.05) is 0 Å². The van der Waals surface area contributed by atoms with Gasteiger partial charge in [-0.15, -0.1) is 13.2 Å². The van der Waals surface area contributed by atoms with Crippen molar-refractivity contribution in [1.29, 1.82) is 0 Å². The molecule has 8 heteroatoms. The van der Waals surface area contributed by atoms with Crippen LogP contribution in [0, 0.1) is 13.8 Å². The van der Waals surface area contributed by atoms with Gasteiger partial charge in [0.05, 0.1) is 11.2 Å². The van der Waals surface area contributed by atoms with Crippen molar-refractivity contribution < 1.29 is 32.9 Å². The highest BCUT2D eigenvalue weighted by Crippen LogP contribution is 2.36. The Labute approximate surface area is 167 Å². The van der Waals surface area contributed by atoms with Crippen LogP contribution in [0.25, 0.3) is 22.2 Å². The van der Waals surface area contributed by atoms with Crippen molar-refractivity contribution in [3.8, 4) is 22.8 Å². The number of nitrogens with zero attached hydrogens (tertiary/aromatic N) is 1. The summed E-state index contributed by atoms with van der Waals surface area (Å²) in [5.41, 5.74) is 4.30. The summed E-state index contributed by atoms with van der Waals surface area (Å²) < 4.78 is 42.6. The highest BCUT2D eigenvalue weighted by molar-refractivity contribution is 5.93. The molecule has 0 saturated carbocycles. The first-order chi connectivity index (χ1) is 13.6. The summed E-state index contributed by atoms with van der Waals surface area (Å²) in [4.78, 5) is 8.36. The van der Waals surface area contributed by atoms with E-state index in [2.05, 4.69) is 4.74 Å². The molecule has 1 aromatic heterocycles. The fourth-order valence-corrected chi connectivity index (χ4v) is 2.99. The number of halogens is 3. The topological polar surface area (TPSA) is 71.7 Å². The lowest BCUT2D eigenvalue weighted by Crippen LogP contribution is -2.16. The van der Waals surface area contributed by atoms with Gasteiger partial charge in [-0.25, -0.2) is 0 Å². The summed E-state index contributed by atoms with van der Waals surface area (Å²) >= 11 is 0. The second kappa shape index (κ2) is 9.86. The molecule has 0 saturated heterocycles. The van der Waals surface area contributed by atoms with Crippen LogP contribution < -0.4 is 4.74 Å². The summed E-state index contributed by atoms with van der Waals surface area (Å²) in [6, 6.07) is 9.38. The lowest BCUT2D eigenvalue weighted by Gasteiger charge is -2.10. The van der Waals surface area contributed by atoms with Crippen molar-refractivity contribution in [1.82, 2.24) is 4.57 Å². The number of phenolic OH excluding ortho intramolecular Hbond substituents is 1. The highest BCUT2D eigenvalue weighted by atomic mass is 19.4. The second-order valence-corrected chi connectivity index (χ2v) is 5.87. The Morgan fingerprint density at radius 1 is 1.07 bits per heavy atom. The molecule has 2 N–H and O–H groups in total. The summed E-state index contributed by atoms with van der Waals surface area (Å²) in [6.07, 6.45) is -4.70. The minimum absolute atomic E-state index is 0.212. The molecule has 0 bridgehead atoms. The average Bonchev–Trinajstić information content (AvgIpc) is 2.88. The molecule has 0 atom stereocenters. The molecule has 0 unspecified atom stereocenters. The SMILES string of the molecule is CC.Cc1cc2c(C)c(-c3ccc(OC(F)(F)F)cc3)n(C)c2cc1O.O=CO. The van der Waals surface area contributed by atoms with Gasteiger partial charge in [-0.1, -0.05) is 13.8 Å². The third-order valence-electron chi connectivity index (χ3n) is 4.13.